The van der Waals surface area contributed by atoms with Gasteiger partial charge >= 0.3 is 19.5 Å². The minimum atomic E-state index is 0. The molecule has 0 rings (SSSR count). The summed E-state index contributed by atoms with van der Waals surface area (Å²) in [5.41, 5.74) is 0. The fourth-order valence-corrected chi connectivity index (χ4v) is 0. The molecule has 0 atom stereocenters. The average Bonchev–Trinajstić information content (AvgIpc) is 0.811. The van der Waals surface area contributed by atoms with Crippen LogP contribution in [0.2, 0.25) is 0 Å². The fourth-order valence-electron chi connectivity index (χ4n) is 0. The monoisotopic (exact) mass is 136 g/mol. The van der Waals surface area contributed by atoms with E-state index in [9.17, 15) is 0 Å². The van der Waals surface area contributed by atoms with Crippen molar-refractivity contribution in [1.29, 1.82) is 0 Å². The van der Waals surface area contributed by atoms with Crippen LogP contribution in [0, 0.1) is 20.3 Å². The molecule has 0 saturated heterocycles. The van der Waals surface area contributed by atoms with Crippen LogP contribution in [-0.2, 0) is 19.5 Å². The third-order valence-corrected chi connectivity index (χ3v) is 0. The summed E-state index contributed by atoms with van der Waals surface area (Å²) in [5.74, 6) is 0.583. The maximum atomic E-state index is 3.64. The minimum absolute atomic E-state index is 0. The van der Waals surface area contributed by atoms with Crippen LogP contribution in [-0.4, -0.2) is 0 Å². The molecule has 0 unspecified atom stereocenters. The van der Waals surface area contributed by atoms with E-state index >= 15 is 0 Å². The third-order valence-electron chi connectivity index (χ3n) is 0. The van der Waals surface area contributed by atoms with Gasteiger partial charge in [-0.2, -0.15) is 5.92 Å². The van der Waals surface area contributed by atoms with Gasteiger partial charge in [0.25, 0.3) is 0 Å². The van der Waals surface area contributed by atoms with Crippen molar-refractivity contribution in [2.24, 2.45) is 5.92 Å². The summed E-state index contributed by atoms with van der Waals surface area (Å²) in [6.45, 7) is 7.75. The summed E-state index contributed by atoms with van der Waals surface area (Å²) in [6, 6.07) is 0. The van der Waals surface area contributed by atoms with Gasteiger partial charge in [-0.1, -0.05) is 13.8 Å². The van der Waals surface area contributed by atoms with Gasteiger partial charge in [-0.15, -0.1) is 0 Å². The number of rotatable bonds is 0. The van der Waals surface area contributed by atoms with E-state index in [1.54, 1.807) is 0 Å². The Morgan fingerprint density at radius 3 is 1.33 bits per heavy atom. The Hall–Kier alpha value is 0.623. The van der Waals surface area contributed by atoms with Crippen LogP contribution >= 0.6 is 0 Å². The van der Waals surface area contributed by atoms with Gasteiger partial charge in [0.1, 0.15) is 0 Å². The van der Waals surface area contributed by atoms with Crippen molar-refractivity contribution in [3.63, 3.8) is 0 Å². The van der Waals surface area contributed by atoms with Gasteiger partial charge in [-0.05, 0) is 0 Å². The van der Waals surface area contributed by atoms with Crippen LogP contribution in [0.15, 0.2) is 0 Å². The van der Waals surface area contributed by atoms with Gasteiger partial charge < -0.3 is 14.4 Å². The Morgan fingerprint density at radius 2 is 1.33 bits per heavy atom. The molecule has 0 aliphatic rings. The van der Waals surface area contributed by atoms with Crippen LogP contribution in [0.3, 0.4) is 0 Å². The zero-order chi connectivity index (χ0) is 3.58. The predicted molar refractivity (Wildman–Crippen MR) is 26.6 cm³/mol. The normalized spacial score (nSPS) is 6.00. The Balaban J connectivity index is -0.0000000450. The molecule has 0 N–H and O–H groups in total. The molecule has 6 heavy (non-hydrogen) atoms. The SMILES string of the molecule is [CH2-]C(C)C.[CH3-].[Zn+2]. The van der Waals surface area contributed by atoms with Crippen molar-refractivity contribution in [3.05, 3.63) is 14.4 Å². The van der Waals surface area contributed by atoms with E-state index in [4.69, 9.17) is 0 Å². The second-order valence-electron chi connectivity index (χ2n) is 1.39. The molecule has 0 aromatic carbocycles. The van der Waals surface area contributed by atoms with Crippen LogP contribution in [0.4, 0.5) is 0 Å². The predicted octanol–water partition coefficient (Wildman–Crippen LogP) is 1.92. The van der Waals surface area contributed by atoms with Crippen molar-refractivity contribution in [1.82, 2.24) is 0 Å². The maximum absolute atomic E-state index is 3.64. The van der Waals surface area contributed by atoms with Crippen LogP contribution in [0.25, 0.3) is 0 Å². The molecule has 0 bridgehead atoms. The molecule has 0 saturated carbocycles. The van der Waals surface area contributed by atoms with E-state index in [-0.39, 0.29) is 26.9 Å². The summed E-state index contributed by atoms with van der Waals surface area (Å²) < 4.78 is 0. The Bertz CT molecular complexity index is 8.66. The standard InChI is InChI=1S/C4H9.CH3.Zn/c1-4(2)3;;/h4H,1H2,2-3H3;1H3;/q2*-1;+2. The van der Waals surface area contributed by atoms with Gasteiger partial charge in [0, 0.05) is 0 Å². The second-order valence-corrected chi connectivity index (χ2v) is 1.39. The van der Waals surface area contributed by atoms with Crippen molar-refractivity contribution in [3.8, 4) is 0 Å². The molecule has 0 aromatic heterocycles. The summed E-state index contributed by atoms with van der Waals surface area (Å²) in [5, 5.41) is 0. The van der Waals surface area contributed by atoms with Gasteiger partial charge in [0.15, 0.2) is 0 Å². The molecule has 0 nitrogen and oxygen atoms in total. The molecule has 0 radical (unpaired) electrons. The molecule has 0 spiro atoms. The third kappa shape index (κ3) is 156. The van der Waals surface area contributed by atoms with E-state index < -0.39 is 0 Å². The first kappa shape index (κ1) is 16.0. The Kier molecular flexibility index (Phi) is 24.3. The van der Waals surface area contributed by atoms with E-state index in [1.165, 1.54) is 0 Å². The van der Waals surface area contributed by atoms with Gasteiger partial charge in [0.2, 0.25) is 0 Å². The van der Waals surface area contributed by atoms with Crippen LogP contribution in [0.5, 0.6) is 0 Å². The van der Waals surface area contributed by atoms with E-state index in [2.05, 4.69) is 20.8 Å². The van der Waals surface area contributed by atoms with Crippen molar-refractivity contribution in [2.75, 3.05) is 0 Å². The first-order valence-electron chi connectivity index (χ1n) is 1.56. The first-order chi connectivity index (χ1) is 1.73. The molecule has 0 aliphatic carbocycles. The van der Waals surface area contributed by atoms with Gasteiger partial charge in [0.05, 0.1) is 0 Å². The molecular formula is C5H12Zn. The Labute approximate surface area is 54.1 Å². The molecular weight excluding hydrogens is 125 g/mol. The van der Waals surface area contributed by atoms with E-state index in [0.717, 1.165) is 0 Å². The minimum Gasteiger partial charge on any atom is -0.358 e. The summed E-state index contributed by atoms with van der Waals surface area (Å²) in [6.07, 6.45) is 0. The van der Waals surface area contributed by atoms with Crippen molar-refractivity contribution < 1.29 is 19.5 Å². The molecule has 1 heteroatoms. The van der Waals surface area contributed by atoms with Gasteiger partial charge in [-0.25, -0.2) is 0 Å². The quantitative estimate of drug-likeness (QED) is 0.354. The van der Waals surface area contributed by atoms with E-state index in [1.807, 2.05) is 0 Å². The smallest absolute Gasteiger partial charge is 0.358 e. The number of hydrogen-bond donors (Lipinski definition) is 0. The summed E-state index contributed by atoms with van der Waals surface area (Å²) in [7, 11) is 0. The topological polar surface area (TPSA) is 0 Å². The number of hydrogen-bond acceptors (Lipinski definition) is 0. The second kappa shape index (κ2) is 9.16. The zero-order valence-corrected chi connectivity index (χ0v) is 7.96. The van der Waals surface area contributed by atoms with E-state index in [0.29, 0.717) is 5.92 Å². The Morgan fingerprint density at radius 1 is 1.33 bits per heavy atom. The zero-order valence-electron chi connectivity index (χ0n) is 4.99. The molecule has 34 valence electrons. The van der Waals surface area contributed by atoms with Crippen molar-refractivity contribution >= 4 is 0 Å². The fraction of sp³-hybridized carbons (Fsp3) is 0.600. The molecule has 0 amide bonds. The molecule has 0 aliphatic heterocycles. The largest absolute Gasteiger partial charge is 2.00 e. The van der Waals surface area contributed by atoms with Gasteiger partial charge in [-0.3, -0.25) is 0 Å². The van der Waals surface area contributed by atoms with Crippen LogP contribution < -0.4 is 0 Å². The molecule has 0 fully saturated rings. The van der Waals surface area contributed by atoms with Crippen LogP contribution in [0.1, 0.15) is 13.8 Å². The first-order valence-corrected chi connectivity index (χ1v) is 1.56. The molecule has 0 heterocycles. The summed E-state index contributed by atoms with van der Waals surface area (Å²) >= 11 is 0. The maximum Gasteiger partial charge on any atom is 2.00 e. The summed E-state index contributed by atoms with van der Waals surface area (Å²) in [4.78, 5) is 0. The van der Waals surface area contributed by atoms with Crippen molar-refractivity contribution in [2.45, 2.75) is 13.8 Å². The molecule has 0 aromatic rings. The average molecular weight is 138 g/mol.